The third-order valence-electron chi connectivity index (χ3n) is 1.65. The highest BCUT2D eigenvalue weighted by molar-refractivity contribution is 5.56. The Hall–Kier alpha value is -1.12. The van der Waals surface area contributed by atoms with E-state index in [4.69, 9.17) is 0 Å². The molecule has 0 aliphatic rings. The first-order chi connectivity index (χ1) is 5.33. The van der Waals surface area contributed by atoms with Crippen molar-refractivity contribution in [2.75, 3.05) is 5.32 Å². The third kappa shape index (κ3) is 1.40. The van der Waals surface area contributed by atoms with Crippen molar-refractivity contribution in [3.05, 3.63) is 26.0 Å². The van der Waals surface area contributed by atoms with Crippen molar-refractivity contribution in [3.63, 3.8) is 0 Å². The summed E-state index contributed by atoms with van der Waals surface area (Å²) >= 11 is 0. The van der Waals surface area contributed by atoms with Crippen LogP contribution in [0, 0.1) is 6.92 Å². The first-order valence-corrected chi connectivity index (χ1v) is 3.91. The Kier molecular flexibility index (Phi) is 1.82. The van der Waals surface area contributed by atoms with Crippen LogP contribution in [-0.2, 0) is 0 Å². The molecule has 1 aromatic carbocycles. The highest BCUT2D eigenvalue weighted by atomic mass is 16.2. The number of nitrogens with one attached hydrogen (secondary N) is 1. The van der Waals surface area contributed by atoms with E-state index in [0.29, 0.717) is 11.3 Å². The van der Waals surface area contributed by atoms with Crippen LogP contribution in [-0.4, -0.2) is 5.54 Å². The summed E-state index contributed by atoms with van der Waals surface area (Å²) in [7, 11) is 0. The van der Waals surface area contributed by atoms with Crippen molar-refractivity contribution in [2.24, 2.45) is 0 Å². The normalized spacial score (nSPS) is 12.0. The van der Waals surface area contributed by atoms with Crippen LogP contribution in [0.5, 0.6) is 0 Å². The summed E-state index contributed by atoms with van der Waals surface area (Å²) in [6, 6.07) is 0. The molecule has 0 saturated carbocycles. The van der Waals surface area contributed by atoms with E-state index >= 15 is 0 Å². The van der Waals surface area contributed by atoms with Crippen LogP contribution in [0.15, 0.2) is 9.59 Å². The van der Waals surface area contributed by atoms with Gasteiger partial charge in [0.1, 0.15) is 0 Å². The zero-order chi connectivity index (χ0) is 9.52. The van der Waals surface area contributed by atoms with Crippen LogP contribution in [0.4, 0.5) is 5.69 Å². The van der Waals surface area contributed by atoms with Gasteiger partial charge in [-0.1, -0.05) is 0 Å². The first kappa shape index (κ1) is 8.97. The van der Waals surface area contributed by atoms with E-state index in [-0.39, 0.29) is 16.4 Å². The van der Waals surface area contributed by atoms with Crippen LogP contribution in [0.1, 0.15) is 26.3 Å². The molecule has 0 radical (unpaired) electrons. The van der Waals surface area contributed by atoms with E-state index < -0.39 is 0 Å². The Labute approximate surface area is 71.1 Å². The SMILES string of the molecule is Cc1c(NC(C)(C)C)c(=O)c1=O. The van der Waals surface area contributed by atoms with E-state index in [2.05, 4.69) is 5.32 Å². The van der Waals surface area contributed by atoms with Gasteiger partial charge >= 0.3 is 0 Å². The van der Waals surface area contributed by atoms with Crippen LogP contribution in [0.25, 0.3) is 0 Å². The van der Waals surface area contributed by atoms with Crippen LogP contribution >= 0.6 is 0 Å². The fourth-order valence-corrected chi connectivity index (χ4v) is 1.03. The molecule has 0 atom stereocenters. The Bertz CT molecular complexity index is 364. The molecule has 3 heteroatoms. The summed E-state index contributed by atoms with van der Waals surface area (Å²) in [5.74, 6) is 0. The Morgan fingerprint density at radius 3 is 1.92 bits per heavy atom. The van der Waals surface area contributed by atoms with Gasteiger partial charge in [0.15, 0.2) is 0 Å². The molecule has 12 heavy (non-hydrogen) atoms. The first-order valence-electron chi connectivity index (χ1n) is 3.91. The van der Waals surface area contributed by atoms with Crippen molar-refractivity contribution in [1.82, 2.24) is 0 Å². The van der Waals surface area contributed by atoms with Crippen molar-refractivity contribution in [1.29, 1.82) is 0 Å². The van der Waals surface area contributed by atoms with Crippen molar-refractivity contribution in [3.8, 4) is 0 Å². The van der Waals surface area contributed by atoms with Gasteiger partial charge in [0.25, 0.3) is 0 Å². The maximum absolute atomic E-state index is 11.0. The average molecular weight is 167 g/mol. The van der Waals surface area contributed by atoms with E-state index in [9.17, 15) is 9.59 Å². The van der Waals surface area contributed by atoms with E-state index in [0.717, 1.165) is 0 Å². The highest BCUT2D eigenvalue weighted by Gasteiger charge is 2.20. The zero-order valence-electron chi connectivity index (χ0n) is 7.82. The lowest BCUT2D eigenvalue weighted by atomic mass is 10.0. The summed E-state index contributed by atoms with van der Waals surface area (Å²) in [6.07, 6.45) is 0. The predicted octanol–water partition coefficient (Wildman–Crippen LogP) is 0.801. The Morgan fingerprint density at radius 2 is 1.58 bits per heavy atom. The molecule has 1 N–H and O–H groups in total. The highest BCUT2D eigenvalue weighted by Crippen LogP contribution is 2.12. The fraction of sp³-hybridized carbons (Fsp3) is 0.556. The molecule has 0 aromatic heterocycles. The lowest BCUT2D eigenvalue weighted by Gasteiger charge is -2.23. The molecule has 0 aliphatic heterocycles. The minimum absolute atomic E-state index is 0.160. The van der Waals surface area contributed by atoms with Gasteiger partial charge in [-0.25, -0.2) is 0 Å². The molecule has 0 bridgehead atoms. The van der Waals surface area contributed by atoms with Crippen LogP contribution < -0.4 is 16.2 Å². The van der Waals surface area contributed by atoms with Crippen LogP contribution in [0.3, 0.4) is 0 Å². The lowest BCUT2D eigenvalue weighted by molar-refractivity contribution is 0.631. The molecule has 0 saturated heterocycles. The molecule has 1 rings (SSSR count). The summed E-state index contributed by atoms with van der Waals surface area (Å²) in [5, 5.41) is 2.99. The molecule has 0 fully saturated rings. The number of hydrogen-bond acceptors (Lipinski definition) is 3. The quantitative estimate of drug-likeness (QED) is 0.629. The maximum Gasteiger partial charge on any atom is 0.249 e. The summed E-state index contributed by atoms with van der Waals surface area (Å²) in [5.41, 5.74) is 0.124. The standard InChI is InChI=1S/C9H13NO2/c1-5-6(8(12)7(5)11)10-9(2,3)4/h10H,1-4H3. The Morgan fingerprint density at radius 1 is 1.08 bits per heavy atom. The number of hydrogen-bond donors (Lipinski definition) is 1. The van der Waals surface area contributed by atoms with E-state index in [1.807, 2.05) is 20.8 Å². The summed E-state index contributed by atoms with van der Waals surface area (Å²) in [4.78, 5) is 21.8. The van der Waals surface area contributed by atoms with E-state index in [1.54, 1.807) is 6.92 Å². The van der Waals surface area contributed by atoms with Gasteiger partial charge in [0.2, 0.25) is 10.9 Å². The molecule has 66 valence electrons. The van der Waals surface area contributed by atoms with Crippen molar-refractivity contribution in [2.45, 2.75) is 33.2 Å². The molecule has 0 amide bonds. The maximum atomic E-state index is 11.0. The minimum atomic E-state index is -0.387. The summed E-state index contributed by atoms with van der Waals surface area (Å²) in [6.45, 7) is 7.51. The molecule has 1 aromatic rings. The smallest absolute Gasteiger partial charge is 0.249 e. The third-order valence-corrected chi connectivity index (χ3v) is 1.65. The number of rotatable bonds is 1. The topological polar surface area (TPSA) is 46.2 Å². The second-order valence-electron chi connectivity index (χ2n) is 4.03. The fourth-order valence-electron chi connectivity index (χ4n) is 1.03. The van der Waals surface area contributed by atoms with Gasteiger partial charge in [0, 0.05) is 11.1 Å². The second-order valence-corrected chi connectivity index (χ2v) is 4.03. The van der Waals surface area contributed by atoms with Gasteiger partial charge in [-0.15, -0.1) is 0 Å². The number of anilines is 1. The van der Waals surface area contributed by atoms with Gasteiger partial charge in [-0.3, -0.25) is 9.59 Å². The minimum Gasteiger partial charge on any atom is -0.377 e. The van der Waals surface area contributed by atoms with E-state index in [1.165, 1.54) is 0 Å². The second kappa shape index (κ2) is 2.44. The summed E-state index contributed by atoms with van der Waals surface area (Å²) < 4.78 is 0. The molecule has 0 spiro atoms. The van der Waals surface area contributed by atoms with Gasteiger partial charge in [-0.05, 0) is 27.7 Å². The monoisotopic (exact) mass is 167 g/mol. The van der Waals surface area contributed by atoms with Crippen molar-refractivity contribution >= 4 is 5.69 Å². The molecule has 3 nitrogen and oxygen atoms in total. The van der Waals surface area contributed by atoms with Gasteiger partial charge in [-0.2, -0.15) is 0 Å². The molecule has 0 heterocycles. The van der Waals surface area contributed by atoms with Crippen molar-refractivity contribution < 1.29 is 0 Å². The predicted molar refractivity (Wildman–Crippen MR) is 49.5 cm³/mol. The Balaban J connectivity index is 2.95. The van der Waals surface area contributed by atoms with Gasteiger partial charge < -0.3 is 5.32 Å². The average Bonchev–Trinajstić information content (AvgIpc) is 1.96. The lowest BCUT2D eigenvalue weighted by Crippen LogP contribution is -2.41. The molecular formula is C9H13NO2. The molecule has 0 unspecified atom stereocenters. The molecule has 0 aliphatic carbocycles. The van der Waals surface area contributed by atoms with Crippen LogP contribution in [0.2, 0.25) is 0 Å². The zero-order valence-corrected chi connectivity index (χ0v) is 7.82. The van der Waals surface area contributed by atoms with Gasteiger partial charge in [0.05, 0.1) is 5.69 Å². The molecular weight excluding hydrogens is 154 g/mol. The largest absolute Gasteiger partial charge is 0.377 e.